The highest BCUT2D eigenvalue weighted by molar-refractivity contribution is 7.92. The van der Waals surface area contributed by atoms with Gasteiger partial charge in [-0.1, -0.05) is 24.3 Å². The number of aromatic amines is 1. The number of aryl methyl sites for hydroxylation is 1. The summed E-state index contributed by atoms with van der Waals surface area (Å²) >= 11 is 0. The van der Waals surface area contributed by atoms with E-state index in [1.807, 2.05) is 12.1 Å². The number of hydrogen-bond donors (Lipinski definition) is 1. The molecule has 174 valence electrons. The predicted octanol–water partition coefficient (Wildman–Crippen LogP) is 3.22. The third-order valence-electron chi connectivity index (χ3n) is 6.09. The van der Waals surface area contributed by atoms with Gasteiger partial charge in [-0.3, -0.25) is 9.10 Å². The normalized spacial score (nSPS) is 14.0. The Morgan fingerprint density at radius 1 is 0.941 bits per heavy atom. The van der Waals surface area contributed by atoms with Crippen LogP contribution in [0.15, 0.2) is 81.2 Å². The van der Waals surface area contributed by atoms with Gasteiger partial charge in [-0.25, -0.2) is 17.8 Å². The monoisotopic (exact) mass is 477 g/mol. The lowest BCUT2D eigenvalue weighted by Crippen LogP contribution is -2.34. The molecule has 4 aromatic rings. The zero-order chi connectivity index (χ0) is 23.9. The van der Waals surface area contributed by atoms with Gasteiger partial charge in [-0.15, -0.1) is 0 Å². The molecule has 0 atom stereocenters. The Morgan fingerprint density at radius 2 is 1.76 bits per heavy atom. The van der Waals surface area contributed by atoms with Crippen LogP contribution in [-0.2, 0) is 16.4 Å². The van der Waals surface area contributed by atoms with Crippen LogP contribution in [0.3, 0.4) is 0 Å². The van der Waals surface area contributed by atoms with E-state index in [1.54, 1.807) is 43.5 Å². The average Bonchev–Trinajstić information content (AvgIpc) is 3.06. The van der Waals surface area contributed by atoms with Crippen LogP contribution in [0.2, 0.25) is 0 Å². The standard InChI is InChI=1S/C25H23N3O5S/c1-33-19-13-12-17-7-4-5-14-27(23(17)16-19)34(31,32)20-9-6-8-18(15-20)28-24(29)21-10-2-3-11-22(21)26-25(28)30/h2-3,6,8-13,15-16H,4-5,7,14H2,1H3,(H,26,30). The van der Waals surface area contributed by atoms with Crippen molar-refractivity contribution in [3.05, 3.63) is 93.1 Å². The van der Waals surface area contributed by atoms with Crippen LogP contribution in [0.5, 0.6) is 5.75 Å². The summed E-state index contributed by atoms with van der Waals surface area (Å²) in [6, 6.07) is 18.1. The molecule has 1 aliphatic heterocycles. The van der Waals surface area contributed by atoms with Crippen LogP contribution in [0, 0.1) is 0 Å². The molecule has 34 heavy (non-hydrogen) atoms. The van der Waals surface area contributed by atoms with Gasteiger partial charge in [0.1, 0.15) is 5.75 Å². The summed E-state index contributed by atoms with van der Waals surface area (Å²) in [7, 11) is -2.43. The van der Waals surface area contributed by atoms with Crippen molar-refractivity contribution in [3.8, 4) is 11.4 Å². The number of aromatic nitrogens is 2. The van der Waals surface area contributed by atoms with E-state index in [-0.39, 0.29) is 10.6 Å². The Labute approximate surface area is 196 Å². The maximum absolute atomic E-state index is 13.8. The van der Waals surface area contributed by atoms with E-state index in [2.05, 4.69) is 4.98 Å². The van der Waals surface area contributed by atoms with Crippen molar-refractivity contribution in [3.63, 3.8) is 0 Å². The first-order chi connectivity index (χ1) is 16.4. The van der Waals surface area contributed by atoms with Gasteiger partial charge in [0, 0.05) is 12.6 Å². The molecule has 1 aromatic heterocycles. The number of fused-ring (bicyclic) bond motifs is 2. The van der Waals surface area contributed by atoms with E-state index in [0.29, 0.717) is 35.3 Å². The molecule has 0 saturated carbocycles. The van der Waals surface area contributed by atoms with E-state index in [1.165, 1.54) is 22.5 Å². The largest absolute Gasteiger partial charge is 0.497 e. The third-order valence-corrected chi connectivity index (χ3v) is 7.90. The van der Waals surface area contributed by atoms with Crippen molar-refractivity contribution >= 4 is 26.6 Å². The molecule has 1 aliphatic rings. The van der Waals surface area contributed by atoms with Gasteiger partial charge in [0.05, 0.1) is 34.3 Å². The summed E-state index contributed by atoms with van der Waals surface area (Å²) in [5.41, 5.74) is 0.969. The van der Waals surface area contributed by atoms with Crippen molar-refractivity contribution in [1.29, 1.82) is 0 Å². The first-order valence-corrected chi connectivity index (χ1v) is 12.4. The predicted molar refractivity (Wildman–Crippen MR) is 131 cm³/mol. The number of benzene rings is 3. The molecule has 0 spiro atoms. The van der Waals surface area contributed by atoms with Crippen LogP contribution in [0.1, 0.15) is 18.4 Å². The molecular weight excluding hydrogens is 454 g/mol. The minimum absolute atomic E-state index is 0.000119. The molecule has 0 radical (unpaired) electrons. The minimum Gasteiger partial charge on any atom is -0.497 e. The second-order valence-corrected chi connectivity index (χ2v) is 10.0. The average molecular weight is 478 g/mol. The number of nitrogens with one attached hydrogen (secondary N) is 1. The fraction of sp³-hybridized carbons (Fsp3) is 0.200. The van der Waals surface area contributed by atoms with Crippen LogP contribution in [0.4, 0.5) is 5.69 Å². The van der Waals surface area contributed by atoms with Crippen LogP contribution >= 0.6 is 0 Å². The first-order valence-electron chi connectivity index (χ1n) is 10.9. The SMILES string of the molecule is COc1ccc2c(c1)N(S(=O)(=O)c1cccc(-n3c(=O)[nH]c4ccccc4c3=O)c1)CCCC2. The number of sulfonamides is 1. The lowest BCUT2D eigenvalue weighted by Gasteiger charge is -2.25. The van der Waals surface area contributed by atoms with E-state index >= 15 is 0 Å². The second-order valence-electron chi connectivity index (χ2n) is 8.14. The van der Waals surface area contributed by atoms with Gasteiger partial charge in [-0.05, 0) is 61.2 Å². The smallest absolute Gasteiger partial charge is 0.333 e. The van der Waals surface area contributed by atoms with E-state index in [0.717, 1.165) is 23.0 Å². The van der Waals surface area contributed by atoms with Crippen molar-refractivity contribution in [2.45, 2.75) is 24.2 Å². The lowest BCUT2D eigenvalue weighted by atomic mass is 10.1. The van der Waals surface area contributed by atoms with Crippen molar-refractivity contribution < 1.29 is 13.2 Å². The number of para-hydroxylation sites is 1. The van der Waals surface area contributed by atoms with Gasteiger partial charge < -0.3 is 9.72 Å². The molecule has 0 amide bonds. The third kappa shape index (κ3) is 3.67. The summed E-state index contributed by atoms with van der Waals surface area (Å²) in [5, 5.41) is 0.337. The highest BCUT2D eigenvalue weighted by Gasteiger charge is 2.29. The van der Waals surface area contributed by atoms with Gasteiger partial charge >= 0.3 is 5.69 Å². The number of ether oxygens (including phenoxy) is 1. The summed E-state index contributed by atoms with van der Waals surface area (Å²) in [4.78, 5) is 28.5. The van der Waals surface area contributed by atoms with Gasteiger partial charge in [0.25, 0.3) is 15.6 Å². The van der Waals surface area contributed by atoms with E-state index in [4.69, 9.17) is 4.74 Å². The molecule has 1 N–H and O–H groups in total. The Bertz CT molecular complexity index is 1620. The highest BCUT2D eigenvalue weighted by Crippen LogP contribution is 2.34. The zero-order valence-corrected chi connectivity index (χ0v) is 19.3. The van der Waals surface area contributed by atoms with Gasteiger partial charge in [0.2, 0.25) is 0 Å². The van der Waals surface area contributed by atoms with Crippen LogP contribution in [-0.4, -0.2) is 31.6 Å². The van der Waals surface area contributed by atoms with E-state index in [9.17, 15) is 18.0 Å². The molecule has 5 rings (SSSR count). The summed E-state index contributed by atoms with van der Waals surface area (Å²) in [5.74, 6) is 0.573. The minimum atomic E-state index is -3.97. The Hall–Kier alpha value is -3.85. The first kappa shape index (κ1) is 22.0. The molecule has 2 heterocycles. The molecule has 8 nitrogen and oxygen atoms in total. The number of hydrogen-bond acceptors (Lipinski definition) is 5. The fourth-order valence-corrected chi connectivity index (χ4v) is 5.94. The van der Waals surface area contributed by atoms with Gasteiger partial charge in [-0.2, -0.15) is 0 Å². The molecule has 9 heteroatoms. The van der Waals surface area contributed by atoms with E-state index < -0.39 is 21.3 Å². The van der Waals surface area contributed by atoms with Gasteiger partial charge in [0.15, 0.2) is 0 Å². The Balaban J connectivity index is 1.65. The van der Waals surface area contributed by atoms with Crippen LogP contribution < -0.4 is 20.3 Å². The summed E-state index contributed by atoms with van der Waals surface area (Å²) < 4.78 is 35.2. The molecule has 0 fully saturated rings. The van der Waals surface area contributed by atoms with Crippen molar-refractivity contribution in [1.82, 2.24) is 9.55 Å². The Kier molecular flexibility index (Phi) is 5.49. The number of H-pyrrole nitrogens is 1. The summed E-state index contributed by atoms with van der Waals surface area (Å²) in [6.07, 6.45) is 2.35. The number of methoxy groups -OCH3 is 1. The summed E-state index contributed by atoms with van der Waals surface area (Å²) in [6.45, 7) is 0.323. The number of nitrogens with zero attached hydrogens (tertiary/aromatic N) is 2. The molecule has 0 unspecified atom stereocenters. The lowest BCUT2D eigenvalue weighted by molar-refractivity contribution is 0.415. The highest BCUT2D eigenvalue weighted by atomic mass is 32.2. The molecule has 0 saturated heterocycles. The Morgan fingerprint density at radius 3 is 2.59 bits per heavy atom. The van der Waals surface area contributed by atoms with Crippen LogP contribution in [0.25, 0.3) is 16.6 Å². The maximum atomic E-state index is 13.8. The quantitative estimate of drug-likeness (QED) is 0.486. The maximum Gasteiger partial charge on any atom is 0.333 e. The fourth-order valence-electron chi connectivity index (χ4n) is 4.36. The topological polar surface area (TPSA) is 101 Å². The number of anilines is 1. The second kappa shape index (κ2) is 8.49. The zero-order valence-electron chi connectivity index (χ0n) is 18.5. The van der Waals surface area contributed by atoms with Crippen molar-refractivity contribution in [2.75, 3.05) is 18.0 Å². The molecule has 0 bridgehead atoms. The molecular formula is C25H23N3O5S. The number of rotatable bonds is 4. The van der Waals surface area contributed by atoms with Crippen molar-refractivity contribution in [2.24, 2.45) is 0 Å². The molecule has 0 aliphatic carbocycles. The molecule has 3 aromatic carbocycles.